The lowest BCUT2D eigenvalue weighted by Gasteiger charge is -2.11. The van der Waals surface area contributed by atoms with Gasteiger partial charge in [-0.05, 0) is 56.7 Å². The molecule has 0 aliphatic heterocycles. The van der Waals surface area contributed by atoms with E-state index in [1.54, 1.807) is 48.5 Å². The molecule has 0 fully saturated rings. The molecule has 28 heavy (non-hydrogen) atoms. The van der Waals surface area contributed by atoms with Gasteiger partial charge >= 0.3 is 0 Å². The summed E-state index contributed by atoms with van der Waals surface area (Å²) >= 11 is 5.86. The molecule has 0 aliphatic rings. The predicted octanol–water partition coefficient (Wildman–Crippen LogP) is 4.77. The Morgan fingerprint density at radius 1 is 1.04 bits per heavy atom. The van der Waals surface area contributed by atoms with Gasteiger partial charge in [0.1, 0.15) is 5.76 Å². The molecule has 0 radical (unpaired) electrons. The summed E-state index contributed by atoms with van der Waals surface area (Å²) in [6, 6.07) is 13.7. The van der Waals surface area contributed by atoms with Crippen LogP contribution in [-0.2, 0) is 11.2 Å². The summed E-state index contributed by atoms with van der Waals surface area (Å²) in [6.07, 6.45) is 0.780. The third-order valence-corrected chi connectivity index (χ3v) is 4.58. The van der Waals surface area contributed by atoms with E-state index in [9.17, 15) is 9.59 Å². The van der Waals surface area contributed by atoms with Gasteiger partial charge in [0.2, 0.25) is 5.91 Å². The summed E-state index contributed by atoms with van der Waals surface area (Å²) in [5.74, 6) is 0.212. The van der Waals surface area contributed by atoms with E-state index in [1.807, 2.05) is 13.8 Å². The van der Waals surface area contributed by atoms with Crippen molar-refractivity contribution < 1.29 is 14.1 Å². The molecule has 0 bridgehead atoms. The van der Waals surface area contributed by atoms with Crippen LogP contribution in [0.25, 0.3) is 0 Å². The van der Waals surface area contributed by atoms with Gasteiger partial charge in [0, 0.05) is 22.7 Å². The maximum atomic E-state index is 12.6. The molecule has 0 unspecified atom stereocenters. The molecule has 7 heteroatoms. The van der Waals surface area contributed by atoms with Gasteiger partial charge in [0.15, 0.2) is 0 Å². The summed E-state index contributed by atoms with van der Waals surface area (Å²) < 4.78 is 5.12. The van der Waals surface area contributed by atoms with Crippen LogP contribution in [0.4, 0.5) is 11.4 Å². The first-order valence-electron chi connectivity index (χ1n) is 8.81. The zero-order valence-electron chi connectivity index (χ0n) is 15.6. The van der Waals surface area contributed by atoms with E-state index in [0.717, 1.165) is 11.3 Å². The Morgan fingerprint density at radius 3 is 2.43 bits per heavy atom. The van der Waals surface area contributed by atoms with Gasteiger partial charge in [0.25, 0.3) is 5.91 Å². The number of para-hydroxylation sites is 1. The number of hydrogen-bond acceptors (Lipinski definition) is 4. The molecule has 3 rings (SSSR count). The zero-order chi connectivity index (χ0) is 20.1. The van der Waals surface area contributed by atoms with Crippen LogP contribution < -0.4 is 10.6 Å². The largest absolute Gasteiger partial charge is 0.361 e. The minimum atomic E-state index is -0.316. The normalized spacial score (nSPS) is 10.5. The van der Waals surface area contributed by atoms with Crippen LogP contribution in [0.1, 0.15) is 33.8 Å². The monoisotopic (exact) mass is 397 g/mol. The number of aryl methyl sites for hydroxylation is 2. The number of hydrogen-bond donors (Lipinski definition) is 2. The van der Waals surface area contributed by atoms with Crippen molar-refractivity contribution in [1.29, 1.82) is 0 Å². The Kier molecular flexibility index (Phi) is 6.11. The van der Waals surface area contributed by atoms with Crippen molar-refractivity contribution in [3.05, 3.63) is 76.1 Å². The molecular weight excluding hydrogens is 378 g/mol. The minimum absolute atomic E-state index is 0.188. The fraction of sp³-hybridized carbons (Fsp3) is 0.190. The van der Waals surface area contributed by atoms with Gasteiger partial charge in [0.05, 0.1) is 16.9 Å². The fourth-order valence-corrected chi connectivity index (χ4v) is 2.96. The maximum Gasteiger partial charge on any atom is 0.257 e. The lowest BCUT2D eigenvalue weighted by molar-refractivity contribution is -0.116. The highest BCUT2D eigenvalue weighted by atomic mass is 35.5. The molecular formula is C21H20ClN3O3. The molecule has 0 spiro atoms. The van der Waals surface area contributed by atoms with Gasteiger partial charge in [-0.1, -0.05) is 28.9 Å². The lowest BCUT2D eigenvalue weighted by Crippen LogP contribution is -2.18. The number of carbonyl (C=O) groups is 2. The Bertz CT molecular complexity index is 977. The highest BCUT2D eigenvalue weighted by molar-refractivity contribution is 6.30. The smallest absolute Gasteiger partial charge is 0.257 e. The van der Waals surface area contributed by atoms with Crippen LogP contribution in [0.2, 0.25) is 5.02 Å². The third kappa shape index (κ3) is 4.78. The maximum absolute atomic E-state index is 12.6. The Morgan fingerprint density at radius 2 is 1.75 bits per heavy atom. The first kappa shape index (κ1) is 19.6. The number of nitrogens with zero attached hydrogens (tertiary/aromatic N) is 1. The van der Waals surface area contributed by atoms with Crippen molar-refractivity contribution in [3.63, 3.8) is 0 Å². The standard InChI is InChI=1S/C21H20ClN3O3/c1-13-17(14(2)28-25-13)11-12-20(26)24-19-6-4-3-5-18(19)21(27)23-16-9-7-15(22)8-10-16/h3-10H,11-12H2,1-2H3,(H,23,27)(H,24,26). The first-order chi connectivity index (χ1) is 13.4. The first-order valence-corrected chi connectivity index (χ1v) is 9.19. The quantitative estimate of drug-likeness (QED) is 0.627. The van der Waals surface area contributed by atoms with Crippen molar-refractivity contribution in [3.8, 4) is 0 Å². The number of carbonyl (C=O) groups excluding carboxylic acids is 2. The van der Waals surface area contributed by atoms with Crippen LogP contribution >= 0.6 is 11.6 Å². The van der Waals surface area contributed by atoms with Crippen molar-refractivity contribution in [2.24, 2.45) is 0 Å². The van der Waals surface area contributed by atoms with E-state index >= 15 is 0 Å². The highest BCUT2D eigenvalue weighted by Gasteiger charge is 2.15. The summed E-state index contributed by atoms with van der Waals surface area (Å²) in [6.45, 7) is 3.67. The van der Waals surface area contributed by atoms with Gasteiger partial charge in [-0.2, -0.15) is 0 Å². The number of nitrogens with one attached hydrogen (secondary N) is 2. The molecule has 2 amide bonds. The van der Waals surface area contributed by atoms with E-state index < -0.39 is 0 Å². The van der Waals surface area contributed by atoms with Crippen molar-refractivity contribution in [1.82, 2.24) is 5.16 Å². The number of aromatic nitrogens is 1. The average molecular weight is 398 g/mol. The summed E-state index contributed by atoms with van der Waals surface area (Å²) in [5.41, 5.74) is 3.17. The second-order valence-electron chi connectivity index (χ2n) is 6.36. The van der Waals surface area contributed by atoms with E-state index in [0.29, 0.717) is 34.1 Å². The second-order valence-corrected chi connectivity index (χ2v) is 6.79. The highest BCUT2D eigenvalue weighted by Crippen LogP contribution is 2.20. The van der Waals surface area contributed by atoms with E-state index in [4.69, 9.17) is 16.1 Å². The average Bonchev–Trinajstić information content (AvgIpc) is 3.00. The van der Waals surface area contributed by atoms with Crippen molar-refractivity contribution in [2.75, 3.05) is 10.6 Å². The molecule has 144 valence electrons. The second kappa shape index (κ2) is 8.71. The molecule has 3 aromatic rings. The molecule has 6 nitrogen and oxygen atoms in total. The van der Waals surface area contributed by atoms with Crippen molar-refractivity contribution in [2.45, 2.75) is 26.7 Å². The van der Waals surface area contributed by atoms with Crippen LogP contribution in [0, 0.1) is 13.8 Å². The van der Waals surface area contributed by atoms with E-state index in [2.05, 4.69) is 15.8 Å². The molecule has 2 aromatic carbocycles. The number of rotatable bonds is 6. The van der Waals surface area contributed by atoms with Gasteiger partial charge in [-0.3, -0.25) is 9.59 Å². The van der Waals surface area contributed by atoms with Crippen LogP contribution in [0.3, 0.4) is 0 Å². The van der Waals surface area contributed by atoms with Crippen LogP contribution in [0.5, 0.6) is 0 Å². The number of benzene rings is 2. The van der Waals surface area contributed by atoms with E-state index in [1.165, 1.54) is 0 Å². The Hall–Kier alpha value is -3.12. The molecule has 2 N–H and O–H groups in total. The Balaban J connectivity index is 1.66. The summed E-state index contributed by atoms with van der Waals surface area (Å²) in [5, 5.41) is 10.1. The lowest BCUT2D eigenvalue weighted by atomic mass is 10.1. The Labute approximate surface area is 167 Å². The molecule has 0 aliphatic carbocycles. The van der Waals surface area contributed by atoms with Gasteiger partial charge < -0.3 is 15.2 Å². The van der Waals surface area contributed by atoms with Gasteiger partial charge in [-0.15, -0.1) is 0 Å². The fourth-order valence-electron chi connectivity index (χ4n) is 2.83. The predicted molar refractivity (Wildman–Crippen MR) is 109 cm³/mol. The van der Waals surface area contributed by atoms with Crippen LogP contribution in [-0.4, -0.2) is 17.0 Å². The van der Waals surface area contributed by atoms with E-state index in [-0.39, 0.29) is 18.2 Å². The number of amides is 2. The van der Waals surface area contributed by atoms with Crippen molar-refractivity contribution >= 4 is 34.8 Å². The third-order valence-electron chi connectivity index (χ3n) is 4.33. The van der Waals surface area contributed by atoms with Gasteiger partial charge in [-0.25, -0.2) is 0 Å². The SMILES string of the molecule is Cc1noc(C)c1CCC(=O)Nc1ccccc1C(=O)Nc1ccc(Cl)cc1. The minimum Gasteiger partial charge on any atom is -0.361 e. The number of halogens is 1. The zero-order valence-corrected chi connectivity index (χ0v) is 16.3. The van der Waals surface area contributed by atoms with Crippen LogP contribution in [0.15, 0.2) is 53.1 Å². The topological polar surface area (TPSA) is 84.2 Å². The molecule has 0 atom stereocenters. The number of anilines is 2. The molecule has 0 saturated carbocycles. The molecule has 1 aromatic heterocycles. The molecule has 1 heterocycles. The molecule has 0 saturated heterocycles. The summed E-state index contributed by atoms with van der Waals surface area (Å²) in [7, 11) is 0. The summed E-state index contributed by atoms with van der Waals surface area (Å²) in [4.78, 5) is 25.0.